The monoisotopic (exact) mass is 347 g/mol. The first-order chi connectivity index (χ1) is 10.5. The van der Waals surface area contributed by atoms with Crippen LogP contribution in [0.4, 0.5) is 5.82 Å². The van der Waals surface area contributed by atoms with Crippen molar-refractivity contribution in [1.82, 2.24) is 19.5 Å². The van der Waals surface area contributed by atoms with Crippen LogP contribution in [0.25, 0.3) is 11.2 Å². The second kappa shape index (κ2) is 6.14. The number of nitrogens with two attached hydrogens (primary N) is 1. The fourth-order valence-corrected chi connectivity index (χ4v) is 2.64. The van der Waals surface area contributed by atoms with Crippen LogP contribution in [0.1, 0.15) is 6.23 Å². The summed E-state index contributed by atoms with van der Waals surface area (Å²) in [6, 6.07) is 0. The highest BCUT2D eigenvalue weighted by molar-refractivity contribution is 7.80. The normalized spacial score (nSPS) is 28.5. The van der Waals surface area contributed by atoms with E-state index in [0.29, 0.717) is 11.2 Å². The molecule has 1 aliphatic heterocycles. The molecule has 0 radical (unpaired) electrons. The average Bonchev–Trinajstić information content (AvgIpc) is 3.00. The summed E-state index contributed by atoms with van der Waals surface area (Å²) in [7, 11) is 0. The summed E-state index contributed by atoms with van der Waals surface area (Å²) in [5.74, 6) is 0.303. The number of nitrogens with zero attached hydrogens (tertiary/aromatic N) is 4. The molecule has 3 heterocycles. The number of ether oxygens (including phenoxy) is 2. The summed E-state index contributed by atoms with van der Waals surface area (Å²) in [5.41, 5.74) is 6.38. The third-order valence-corrected chi connectivity index (χ3v) is 3.76. The lowest BCUT2D eigenvalue weighted by atomic mass is 10.1. The van der Waals surface area contributed by atoms with Crippen LogP contribution in [0.5, 0.6) is 0 Å². The van der Waals surface area contributed by atoms with E-state index in [9.17, 15) is 10.2 Å². The van der Waals surface area contributed by atoms with Gasteiger partial charge in [-0.1, -0.05) is 0 Å². The first-order valence-corrected chi connectivity index (χ1v) is 7.39. The van der Waals surface area contributed by atoms with E-state index in [4.69, 9.17) is 26.8 Å². The van der Waals surface area contributed by atoms with Gasteiger partial charge >= 0.3 is 0 Å². The zero-order valence-corrected chi connectivity index (χ0v) is 12.9. The first kappa shape index (κ1) is 15.7. The Labute approximate surface area is 135 Å². The van der Waals surface area contributed by atoms with Crippen LogP contribution in [0.15, 0.2) is 6.33 Å². The predicted molar refractivity (Wildman–Crippen MR) is 80.5 cm³/mol. The SMILES string of the molecule is Nc1nc(Cl)nc2c1ncn2C1OC(COCS)[C@@H](O)[C@H]1O. The number of anilines is 1. The number of fused-ring (bicyclic) bond motifs is 1. The Morgan fingerprint density at radius 1 is 1.41 bits per heavy atom. The topological polar surface area (TPSA) is 129 Å². The van der Waals surface area contributed by atoms with Crippen LogP contribution in [0.3, 0.4) is 0 Å². The second-order valence-corrected chi connectivity index (χ2v) is 5.34. The molecule has 22 heavy (non-hydrogen) atoms. The van der Waals surface area contributed by atoms with Gasteiger partial charge in [0.25, 0.3) is 0 Å². The van der Waals surface area contributed by atoms with Gasteiger partial charge in [-0.05, 0) is 11.6 Å². The van der Waals surface area contributed by atoms with Gasteiger partial charge < -0.3 is 25.4 Å². The van der Waals surface area contributed by atoms with Crippen molar-refractivity contribution in [3.8, 4) is 0 Å². The molecule has 0 saturated carbocycles. The Morgan fingerprint density at radius 3 is 2.91 bits per heavy atom. The van der Waals surface area contributed by atoms with E-state index in [1.54, 1.807) is 0 Å². The van der Waals surface area contributed by atoms with E-state index < -0.39 is 24.5 Å². The van der Waals surface area contributed by atoms with Gasteiger partial charge in [0.15, 0.2) is 17.7 Å². The quantitative estimate of drug-likeness (QED) is 0.333. The molecule has 0 spiro atoms. The van der Waals surface area contributed by atoms with E-state index in [2.05, 4.69) is 27.6 Å². The zero-order chi connectivity index (χ0) is 15.9. The van der Waals surface area contributed by atoms with Crippen LogP contribution in [-0.4, -0.2) is 60.6 Å². The van der Waals surface area contributed by atoms with Crippen LogP contribution in [0.2, 0.25) is 5.28 Å². The van der Waals surface area contributed by atoms with Crippen LogP contribution < -0.4 is 5.73 Å². The predicted octanol–water partition coefficient (Wildman–Crippen LogP) is -0.415. The molecule has 120 valence electrons. The summed E-state index contributed by atoms with van der Waals surface area (Å²) in [4.78, 5) is 11.9. The molecule has 1 fully saturated rings. The minimum atomic E-state index is -1.18. The molecule has 9 nitrogen and oxygen atoms in total. The maximum atomic E-state index is 10.2. The highest BCUT2D eigenvalue weighted by Crippen LogP contribution is 2.32. The summed E-state index contributed by atoms with van der Waals surface area (Å²) >= 11 is 9.71. The van der Waals surface area contributed by atoms with Gasteiger partial charge in [0, 0.05) is 0 Å². The van der Waals surface area contributed by atoms with Crippen molar-refractivity contribution in [2.24, 2.45) is 0 Å². The molecule has 0 aliphatic carbocycles. The van der Waals surface area contributed by atoms with Gasteiger partial charge in [0.2, 0.25) is 5.28 Å². The lowest BCUT2D eigenvalue weighted by Crippen LogP contribution is -2.33. The van der Waals surface area contributed by atoms with E-state index in [1.165, 1.54) is 10.9 Å². The van der Waals surface area contributed by atoms with Crippen LogP contribution in [0, 0.1) is 0 Å². The minimum absolute atomic E-state index is 0.0465. The Bertz CT molecular complexity index is 686. The maximum absolute atomic E-state index is 10.2. The van der Waals surface area contributed by atoms with Crippen LogP contribution in [-0.2, 0) is 9.47 Å². The molecule has 2 aromatic heterocycles. The molecule has 2 unspecified atom stereocenters. The molecule has 0 amide bonds. The minimum Gasteiger partial charge on any atom is -0.387 e. The number of thiol groups is 1. The molecule has 1 saturated heterocycles. The standard InChI is InChI=1S/C11H14ClN5O4S/c12-11-15-8(13)5-9(16-11)17(2-14-5)10-7(19)6(18)4(21-10)1-20-3-22/h2,4,6-7,10,18-19,22H,1,3H2,(H2,13,15,16)/t4?,6-,7-,10?/m1/s1. The largest absolute Gasteiger partial charge is 0.387 e. The van der Waals surface area contributed by atoms with E-state index >= 15 is 0 Å². The van der Waals surface area contributed by atoms with Gasteiger partial charge in [-0.2, -0.15) is 22.6 Å². The molecule has 1 aliphatic rings. The maximum Gasteiger partial charge on any atom is 0.226 e. The fourth-order valence-electron chi connectivity index (χ4n) is 2.36. The van der Waals surface area contributed by atoms with Crippen molar-refractivity contribution in [1.29, 1.82) is 0 Å². The van der Waals surface area contributed by atoms with Crippen molar-refractivity contribution < 1.29 is 19.7 Å². The highest BCUT2D eigenvalue weighted by atomic mass is 35.5. The van der Waals surface area contributed by atoms with Gasteiger partial charge in [-0.25, -0.2) is 4.98 Å². The summed E-state index contributed by atoms with van der Waals surface area (Å²) in [6.07, 6.45) is -2.48. The third-order valence-electron chi connectivity index (χ3n) is 3.41. The zero-order valence-electron chi connectivity index (χ0n) is 11.2. The van der Waals surface area contributed by atoms with Crippen molar-refractivity contribution >= 4 is 41.2 Å². The van der Waals surface area contributed by atoms with Gasteiger partial charge in [-0.15, -0.1) is 0 Å². The van der Waals surface area contributed by atoms with Gasteiger partial charge in [-0.3, -0.25) is 4.57 Å². The molecular formula is C11H14ClN5O4S. The lowest BCUT2D eigenvalue weighted by molar-refractivity contribution is -0.0596. The van der Waals surface area contributed by atoms with Crippen molar-refractivity contribution in [2.45, 2.75) is 24.5 Å². The average molecular weight is 348 g/mol. The molecule has 2 aromatic rings. The van der Waals surface area contributed by atoms with E-state index in [0.717, 1.165) is 0 Å². The number of imidazole rings is 1. The molecule has 0 aromatic carbocycles. The summed E-state index contributed by atoms with van der Waals surface area (Å²) < 4.78 is 12.2. The molecule has 4 atom stereocenters. The number of rotatable bonds is 4. The first-order valence-electron chi connectivity index (χ1n) is 6.38. The smallest absolute Gasteiger partial charge is 0.226 e. The fraction of sp³-hybridized carbons (Fsp3) is 0.545. The third kappa shape index (κ3) is 2.62. The number of aromatic nitrogens is 4. The van der Waals surface area contributed by atoms with Gasteiger partial charge in [0.1, 0.15) is 23.8 Å². The molecule has 3 rings (SSSR count). The lowest BCUT2D eigenvalue weighted by Gasteiger charge is -2.16. The molecule has 11 heteroatoms. The number of hydrogen-bond donors (Lipinski definition) is 4. The number of aliphatic hydroxyl groups excluding tert-OH is 2. The number of nitrogen functional groups attached to an aromatic ring is 1. The molecule has 0 bridgehead atoms. The molecule has 4 N–H and O–H groups in total. The van der Waals surface area contributed by atoms with Crippen molar-refractivity contribution in [2.75, 3.05) is 18.3 Å². The number of halogens is 1. The van der Waals surface area contributed by atoms with Gasteiger partial charge in [0.05, 0.1) is 18.9 Å². The number of hydrogen-bond acceptors (Lipinski definition) is 9. The Balaban J connectivity index is 1.94. The van der Waals surface area contributed by atoms with E-state index in [-0.39, 0.29) is 23.6 Å². The Hall–Kier alpha value is -1.17. The second-order valence-electron chi connectivity index (χ2n) is 4.75. The summed E-state index contributed by atoms with van der Waals surface area (Å²) in [6.45, 7) is 0.0999. The molecular weight excluding hydrogens is 334 g/mol. The Morgan fingerprint density at radius 2 is 2.18 bits per heavy atom. The number of aliphatic hydroxyl groups is 2. The Kier molecular flexibility index (Phi) is 4.39. The summed E-state index contributed by atoms with van der Waals surface area (Å²) in [5, 5.41) is 20.2. The highest BCUT2D eigenvalue weighted by Gasteiger charge is 2.44. The van der Waals surface area contributed by atoms with Crippen LogP contribution >= 0.6 is 24.2 Å². The van der Waals surface area contributed by atoms with Crippen molar-refractivity contribution in [3.63, 3.8) is 0 Å². The van der Waals surface area contributed by atoms with E-state index in [1.807, 2.05) is 0 Å². The van der Waals surface area contributed by atoms with Crippen molar-refractivity contribution in [3.05, 3.63) is 11.6 Å².